The minimum Gasteiger partial charge on any atom is -0.358 e. The zero-order valence-corrected chi connectivity index (χ0v) is 18.9. The van der Waals surface area contributed by atoms with Crippen LogP contribution in [0.1, 0.15) is 32.0 Å². The van der Waals surface area contributed by atoms with Crippen LogP contribution in [0.25, 0.3) is 5.69 Å². The van der Waals surface area contributed by atoms with E-state index in [0.717, 1.165) is 18.2 Å². The largest absolute Gasteiger partial charge is 0.416 e. The highest BCUT2D eigenvalue weighted by Crippen LogP contribution is 2.33. The lowest BCUT2D eigenvalue weighted by Crippen LogP contribution is -2.14. The van der Waals surface area contributed by atoms with Crippen molar-refractivity contribution in [3.63, 3.8) is 0 Å². The summed E-state index contributed by atoms with van der Waals surface area (Å²) in [5.74, 6) is -0.208. The summed E-state index contributed by atoms with van der Waals surface area (Å²) in [6.07, 6.45) is -4.70. The fourth-order valence-electron chi connectivity index (χ4n) is 2.58. The van der Waals surface area contributed by atoms with Crippen LogP contribution in [-0.2, 0) is 21.7 Å². The summed E-state index contributed by atoms with van der Waals surface area (Å²) < 4.78 is 71.0. The monoisotopic (exact) mass is 492 g/mol. The lowest BCUT2D eigenvalue weighted by molar-refractivity contribution is -0.137. The molecule has 0 aliphatic heterocycles. The van der Waals surface area contributed by atoms with E-state index in [1.165, 1.54) is 22.9 Å². The van der Waals surface area contributed by atoms with Crippen molar-refractivity contribution in [1.29, 1.82) is 0 Å². The zero-order chi connectivity index (χ0) is 23.2. The molecule has 0 saturated carbocycles. The molecular weight excluding hydrogens is 476 g/mol. The first kappa shape index (κ1) is 23.4. The Balaban J connectivity index is 2.10. The summed E-state index contributed by atoms with van der Waals surface area (Å²) in [5, 5.41) is 4.89. The normalized spacial score (nSPS) is 12.8. The highest BCUT2D eigenvalue weighted by atomic mass is 35.5. The molecule has 0 N–H and O–H groups in total. The third kappa shape index (κ3) is 5.16. The van der Waals surface area contributed by atoms with E-state index in [1.807, 2.05) is 20.8 Å². The third-order valence-corrected chi connectivity index (χ3v) is 6.20. The van der Waals surface area contributed by atoms with E-state index < -0.39 is 32.2 Å². The zero-order valence-electron chi connectivity index (χ0n) is 16.5. The second-order valence-electron chi connectivity index (χ2n) is 7.69. The van der Waals surface area contributed by atoms with Crippen LogP contribution in [0.3, 0.4) is 0 Å². The van der Waals surface area contributed by atoms with E-state index in [0.29, 0.717) is 17.4 Å². The Kier molecular flexibility index (Phi) is 6.07. The minimum absolute atomic E-state index is 0.207. The highest BCUT2D eigenvalue weighted by molar-refractivity contribution is 7.87. The van der Waals surface area contributed by atoms with E-state index >= 15 is 0 Å². The quantitative estimate of drug-likeness (QED) is 0.403. The van der Waals surface area contributed by atoms with Crippen LogP contribution in [0.4, 0.5) is 13.2 Å². The third-order valence-electron chi connectivity index (χ3n) is 4.24. The summed E-state index contributed by atoms with van der Waals surface area (Å²) in [7, 11) is -4.60. The molecule has 0 spiro atoms. The van der Waals surface area contributed by atoms with Gasteiger partial charge in [-0.2, -0.15) is 31.4 Å². The topological polar surface area (TPSA) is 61.2 Å². The Morgan fingerprint density at radius 3 is 2.23 bits per heavy atom. The van der Waals surface area contributed by atoms with E-state index in [-0.39, 0.29) is 15.9 Å². The van der Waals surface area contributed by atoms with Crippen LogP contribution in [0.15, 0.2) is 53.4 Å². The van der Waals surface area contributed by atoms with Gasteiger partial charge in [0.1, 0.15) is 4.90 Å². The predicted molar refractivity (Wildman–Crippen MR) is 112 cm³/mol. The molecule has 0 aliphatic carbocycles. The number of hydrogen-bond acceptors (Lipinski definition) is 4. The molecule has 1 heterocycles. The number of nitrogens with zero attached hydrogens (tertiary/aromatic N) is 2. The summed E-state index contributed by atoms with van der Waals surface area (Å²) in [5.41, 5.74) is -0.725. The van der Waals surface area contributed by atoms with Gasteiger partial charge in [-0.25, -0.2) is 0 Å². The van der Waals surface area contributed by atoms with Gasteiger partial charge < -0.3 is 4.18 Å². The maximum absolute atomic E-state index is 13.0. The lowest BCUT2D eigenvalue weighted by atomic mass is 9.93. The molecule has 0 atom stereocenters. The van der Waals surface area contributed by atoms with Crippen molar-refractivity contribution in [3.8, 4) is 11.6 Å². The van der Waals surface area contributed by atoms with Crippen molar-refractivity contribution < 1.29 is 25.8 Å². The Morgan fingerprint density at radius 1 is 0.968 bits per heavy atom. The van der Waals surface area contributed by atoms with Crippen LogP contribution >= 0.6 is 23.2 Å². The SMILES string of the molecule is CC(C)(C)c1cc(OS(=O)(=O)c2cccc(C(F)(F)F)c2)n(-c2ccc(Cl)c(Cl)c2)n1. The van der Waals surface area contributed by atoms with Gasteiger partial charge in [0.2, 0.25) is 5.88 Å². The van der Waals surface area contributed by atoms with Gasteiger partial charge in [-0.1, -0.05) is 50.0 Å². The maximum Gasteiger partial charge on any atom is 0.416 e. The molecule has 0 aliphatic rings. The minimum atomic E-state index is -4.70. The number of benzene rings is 2. The van der Waals surface area contributed by atoms with Gasteiger partial charge in [-0.15, -0.1) is 0 Å². The Hall–Kier alpha value is -2.23. The molecule has 0 amide bonds. The molecule has 31 heavy (non-hydrogen) atoms. The van der Waals surface area contributed by atoms with E-state index in [1.54, 1.807) is 6.07 Å². The second-order valence-corrected chi connectivity index (χ2v) is 10.1. The number of alkyl halides is 3. The smallest absolute Gasteiger partial charge is 0.358 e. The van der Waals surface area contributed by atoms with Crippen LogP contribution in [-0.4, -0.2) is 18.2 Å². The summed E-state index contributed by atoms with van der Waals surface area (Å²) >= 11 is 12.0. The Morgan fingerprint density at radius 2 is 1.65 bits per heavy atom. The molecule has 11 heteroatoms. The van der Waals surface area contributed by atoms with Gasteiger partial charge in [0.15, 0.2) is 0 Å². The lowest BCUT2D eigenvalue weighted by Gasteiger charge is -2.14. The molecule has 3 rings (SSSR count). The van der Waals surface area contributed by atoms with Gasteiger partial charge in [-0.3, -0.25) is 0 Å². The average molecular weight is 493 g/mol. The second kappa shape index (κ2) is 8.03. The molecule has 0 saturated heterocycles. The molecule has 3 aromatic rings. The average Bonchev–Trinajstić information content (AvgIpc) is 3.07. The number of aromatic nitrogens is 2. The number of halogens is 5. The summed E-state index contributed by atoms with van der Waals surface area (Å²) in [6.45, 7) is 5.58. The van der Waals surface area contributed by atoms with Gasteiger partial charge in [0.25, 0.3) is 0 Å². The van der Waals surface area contributed by atoms with Gasteiger partial charge >= 0.3 is 16.3 Å². The number of rotatable bonds is 4. The van der Waals surface area contributed by atoms with E-state index in [2.05, 4.69) is 5.10 Å². The molecule has 1 aromatic heterocycles. The standard InChI is InChI=1S/C20H17Cl2F3N2O3S/c1-19(2,3)17-11-18(27(26-17)13-7-8-15(21)16(22)10-13)30-31(28,29)14-6-4-5-12(9-14)20(23,24)25/h4-11H,1-3H3. The first-order chi connectivity index (χ1) is 14.2. The fourth-order valence-corrected chi connectivity index (χ4v) is 3.83. The van der Waals surface area contributed by atoms with Crippen LogP contribution in [0.2, 0.25) is 10.0 Å². The molecule has 0 unspecified atom stereocenters. The Labute approximate surface area is 187 Å². The molecule has 0 radical (unpaired) electrons. The first-order valence-electron chi connectivity index (χ1n) is 8.86. The maximum atomic E-state index is 13.0. The van der Waals surface area contributed by atoms with Crippen LogP contribution < -0.4 is 4.18 Å². The Bertz CT molecular complexity index is 1230. The van der Waals surface area contributed by atoms with Crippen molar-refractivity contribution in [2.45, 2.75) is 37.3 Å². The highest BCUT2D eigenvalue weighted by Gasteiger charge is 2.32. The van der Waals surface area contributed by atoms with Crippen molar-refractivity contribution in [2.75, 3.05) is 0 Å². The summed E-state index contributed by atoms with van der Waals surface area (Å²) in [6, 6.07) is 9.24. The van der Waals surface area contributed by atoms with Crippen LogP contribution in [0.5, 0.6) is 5.88 Å². The van der Waals surface area contributed by atoms with Gasteiger partial charge in [0.05, 0.1) is 27.0 Å². The predicted octanol–water partition coefficient (Wildman–Crippen LogP) is 6.26. The van der Waals surface area contributed by atoms with Crippen molar-refractivity contribution in [2.24, 2.45) is 0 Å². The van der Waals surface area contributed by atoms with Crippen molar-refractivity contribution in [3.05, 3.63) is 69.8 Å². The first-order valence-corrected chi connectivity index (χ1v) is 11.0. The van der Waals surface area contributed by atoms with E-state index in [9.17, 15) is 21.6 Å². The van der Waals surface area contributed by atoms with Crippen molar-refractivity contribution in [1.82, 2.24) is 9.78 Å². The van der Waals surface area contributed by atoms with Gasteiger partial charge in [0, 0.05) is 11.5 Å². The van der Waals surface area contributed by atoms with Gasteiger partial charge in [-0.05, 0) is 36.4 Å². The molecule has 2 aromatic carbocycles. The molecule has 0 bridgehead atoms. The summed E-state index contributed by atoms with van der Waals surface area (Å²) in [4.78, 5) is -0.637. The fraction of sp³-hybridized carbons (Fsp3) is 0.250. The van der Waals surface area contributed by atoms with E-state index in [4.69, 9.17) is 27.4 Å². The van der Waals surface area contributed by atoms with Crippen molar-refractivity contribution >= 4 is 33.3 Å². The van der Waals surface area contributed by atoms with Crippen LogP contribution in [0, 0.1) is 0 Å². The molecule has 166 valence electrons. The molecular formula is C20H17Cl2F3N2O3S. The molecule has 5 nitrogen and oxygen atoms in total. The number of hydrogen-bond donors (Lipinski definition) is 0. The molecule has 0 fully saturated rings.